The van der Waals surface area contributed by atoms with E-state index in [1.54, 1.807) is 36.4 Å². The van der Waals surface area contributed by atoms with Gasteiger partial charge in [-0.2, -0.15) is 0 Å². The number of likely N-dealkylation sites (tertiary alicyclic amines) is 1. The molecule has 35 heavy (non-hydrogen) atoms. The standard InChI is InChI=1S/C24H24ClFN4O4S/c1-35(33,34)21-7-3-2-5-17(21)15-8-10-19(18(26)13-15)28-23(31)20-6-4-12-30(20)24(32)29-22-11-9-16(25)14-27-22/h2-3,5,7-11,13-14,20,23,28,31H,4,6,12H2,1H3,(H,27,29,32). The third kappa shape index (κ3) is 5.72. The molecule has 2 amide bonds. The Hall–Kier alpha value is -3.21. The number of hydrogen-bond donors (Lipinski definition) is 3. The zero-order valence-electron chi connectivity index (χ0n) is 18.8. The molecule has 3 aromatic rings. The van der Waals surface area contributed by atoms with Crippen LogP contribution >= 0.6 is 11.6 Å². The van der Waals surface area contributed by atoms with E-state index in [2.05, 4.69) is 15.6 Å². The van der Waals surface area contributed by atoms with Gasteiger partial charge in [-0.1, -0.05) is 35.9 Å². The van der Waals surface area contributed by atoms with Crippen LogP contribution in [0.5, 0.6) is 0 Å². The van der Waals surface area contributed by atoms with Gasteiger partial charge >= 0.3 is 6.03 Å². The highest BCUT2D eigenvalue weighted by Gasteiger charge is 2.34. The van der Waals surface area contributed by atoms with E-state index in [0.29, 0.717) is 41.4 Å². The van der Waals surface area contributed by atoms with Gasteiger partial charge in [0.25, 0.3) is 0 Å². The van der Waals surface area contributed by atoms with Crippen LogP contribution < -0.4 is 10.6 Å². The zero-order valence-corrected chi connectivity index (χ0v) is 20.4. The summed E-state index contributed by atoms with van der Waals surface area (Å²) >= 11 is 5.82. The molecule has 1 aromatic heterocycles. The summed E-state index contributed by atoms with van der Waals surface area (Å²) in [6, 6.07) is 12.7. The van der Waals surface area contributed by atoms with Gasteiger partial charge in [0.2, 0.25) is 0 Å². The maximum Gasteiger partial charge on any atom is 0.323 e. The Morgan fingerprint density at radius 3 is 2.69 bits per heavy atom. The van der Waals surface area contributed by atoms with Crippen molar-refractivity contribution in [1.82, 2.24) is 9.88 Å². The number of urea groups is 1. The van der Waals surface area contributed by atoms with Crippen LogP contribution in [0.15, 0.2) is 65.7 Å². The molecule has 3 N–H and O–H groups in total. The van der Waals surface area contributed by atoms with E-state index in [0.717, 1.165) is 6.26 Å². The number of hydrogen-bond acceptors (Lipinski definition) is 6. The second-order valence-corrected chi connectivity index (χ2v) is 10.7. The van der Waals surface area contributed by atoms with E-state index in [9.17, 15) is 22.7 Å². The first-order valence-corrected chi connectivity index (χ1v) is 13.1. The third-order valence-corrected chi connectivity index (χ3v) is 7.14. The van der Waals surface area contributed by atoms with Crippen LogP contribution in [-0.2, 0) is 9.84 Å². The monoisotopic (exact) mass is 518 g/mol. The lowest BCUT2D eigenvalue weighted by atomic mass is 10.0. The van der Waals surface area contributed by atoms with Gasteiger partial charge in [-0.3, -0.25) is 5.32 Å². The van der Waals surface area contributed by atoms with Crippen molar-refractivity contribution < 1.29 is 22.7 Å². The summed E-state index contributed by atoms with van der Waals surface area (Å²) in [6.07, 6.45) is 2.48. The Morgan fingerprint density at radius 2 is 2.00 bits per heavy atom. The van der Waals surface area contributed by atoms with Crippen LogP contribution in [0, 0.1) is 5.82 Å². The third-order valence-electron chi connectivity index (χ3n) is 5.76. The molecular weight excluding hydrogens is 495 g/mol. The van der Waals surface area contributed by atoms with Crippen molar-refractivity contribution in [3.05, 3.63) is 71.6 Å². The second-order valence-electron chi connectivity index (χ2n) is 8.25. The lowest BCUT2D eigenvalue weighted by Crippen LogP contribution is -2.47. The first-order chi connectivity index (χ1) is 16.6. The van der Waals surface area contributed by atoms with Crippen molar-refractivity contribution in [2.24, 2.45) is 0 Å². The molecule has 8 nitrogen and oxygen atoms in total. The summed E-state index contributed by atoms with van der Waals surface area (Å²) in [5, 5.41) is 16.6. The Bertz CT molecular complexity index is 1340. The molecule has 2 unspecified atom stereocenters. The maximum absolute atomic E-state index is 15.0. The summed E-state index contributed by atoms with van der Waals surface area (Å²) in [7, 11) is -3.51. The number of sulfone groups is 1. The number of rotatable bonds is 6. The number of aromatic nitrogens is 1. The summed E-state index contributed by atoms with van der Waals surface area (Å²) in [4.78, 5) is 18.3. The minimum absolute atomic E-state index is 0.0321. The van der Waals surface area contributed by atoms with Crippen LogP contribution in [0.2, 0.25) is 5.02 Å². The normalized spacial score (nSPS) is 16.7. The molecule has 0 radical (unpaired) electrons. The summed E-state index contributed by atoms with van der Waals surface area (Å²) in [5.74, 6) is -0.340. The van der Waals surface area contributed by atoms with Crippen molar-refractivity contribution >= 4 is 39.0 Å². The number of carbonyl (C=O) groups is 1. The SMILES string of the molecule is CS(=O)(=O)c1ccccc1-c1ccc(NC(O)C2CCCN2C(=O)Nc2ccc(Cl)cn2)c(F)c1. The first kappa shape index (κ1) is 24.9. The minimum atomic E-state index is -3.51. The van der Waals surface area contributed by atoms with Crippen molar-refractivity contribution in [2.45, 2.75) is 30.0 Å². The highest BCUT2D eigenvalue weighted by Crippen LogP contribution is 2.31. The molecule has 0 saturated carbocycles. The fraction of sp³-hybridized carbons (Fsp3) is 0.250. The number of halogens is 2. The molecule has 0 bridgehead atoms. The topological polar surface area (TPSA) is 112 Å². The maximum atomic E-state index is 15.0. The van der Waals surface area contributed by atoms with Gasteiger partial charge in [0.15, 0.2) is 9.84 Å². The lowest BCUT2D eigenvalue weighted by molar-refractivity contribution is 0.109. The Morgan fingerprint density at radius 1 is 1.23 bits per heavy atom. The van der Waals surface area contributed by atoms with Gasteiger partial charge < -0.3 is 15.3 Å². The van der Waals surface area contributed by atoms with Gasteiger partial charge in [0.1, 0.15) is 17.9 Å². The number of nitrogens with one attached hydrogen (secondary N) is 2. The fourth-order valence-electron chi connectivity index (χ4n) is 4.09. The minimum Gasteiger partial charge on any atom is -0.372 e. The van der Waals surface area contributed by atoms with Crippen LogP contribution in [-0.4, -0.2) is 54.5 Å². The van der Waals surface area contributed by atoms with E-state index < -0.39 is 34.0 Å². The first-order valence-electron chi connectivity index (χ1n) is 10.9. The number of aliphatic hydroxyl groups is 1. The van der Waals surface area contributed by atoms with E-state index in [-0.39, 0.29) is 10.6 Å². The fourth-order valence-corrected chi connectivity index (χ4v) is 5.11. The van der Waals surface area contributed by atoms with Crippen LogP contribution in [0.25, 0.3) is 11.1 Å². The van der Waals surface area contributed by atoms with Crippen LogP contribution in [0.1, 0.15) is 12.8 Å². The molecule has 184 valence electrons. The lowest BCUT2D eigenvalue weighted by Gasteiger charge is -2.29. The van der Waals surface area contributed by atoms with Crippen molar-refractivity contribution in [3.8, 4) is 11.1 Å². The molecule has 1 aliphatic rings. The predicted molar refractivity (Wildman–Crippen MR) is 133 cm³/mol. The second kappa shape index (κ2) is 10.2. The zero-order chi connectivity index (χ0) is 25.2. The van der Waals surface area contributed by atoms with E-state index >= 15 is 0 Å². The smallest absolute Gasteiger partial charge is 0.323 e. The quantitative estimate of drug-likeness (QED) is 0.418. The Labute approximate surface area is 207 Å². The molecule has 1 saturated heterocycles. The van der Waals surface area contributed by atoms with Gasteiger partial charge in [-0.25, -0.2) is 22.6 Å². The predicted octanol–water partition coefficient (Wildman–Crippen LogP) is 4.37. The molecule has 0 aliphatic carbocycles. The highest BCUT2D eigenvalue weighted by molar-refractivity contribution is 7.90. The van der Waals surface area contributed by atoms with E-state index in [1.807, 2.05) is 0 Å². The molecule has 1 fully saturated rings. The summed E-state index contributed by atoms with van der Waals surface area (Å²) in [5.41, 5.74) is 0.807. The number of anilines is 2. The van der Waals surface area contributed by atoms with Gasteiger partial charge in [-0.15, -0.1) is 0 Å². The van der Waals surface area contributed by atoms with Gasteiger partial charge in [0, 0.05) is 24.6 Å². The molecule has 2 aromatic carbocycles. The van der Waals surface area contributed by atoms with E-state index in [1.165, 1.54) is 29.3 Å². The highest BCUT2D eigenvalue weighted by atomic mass is 35.5. The van der Waals surface area contributed by atoms with Gasteiger partial charge in [0.05, 0.1) is 21.6 Å². The molecule has 11 heteroatoms. The molecule has 0 spiro atoms. The largest absolute Gasteiger partial charge is 0.372 e. The van der Waals surface area contributed by atoms with Crippen molar-refractivity contribution in [1.29, 1.82) is 0 Å². The number of pyridine rings is 1. The Balaban J connectivity index is 1.48. The summed E-state index contributed by atoms with van der Waals surface area (Å²) < 4.78 is 39.2. The number of benzene rings is 2. The molecule has 2 atom stereocenters. The van der Waals surface area contributed by atoms with E-state index in [4.69, 9.17) is 11.6 Å². The summed E-state index contributed by atoms with van der Waals surface area (Å²) in [6.45, 7) is 0.423. The Kier molecular flexibility index (Phi) is 7.25. The number of aliphatic hydroxyl groups excluding tert-OH is 1. The van der Waals surface area contributed by atoms with Crippen LogP contribution in [0.4, 0.5) is 20.7 Å². The molecular formula is C24H24ClFN4O4S. The number of amides is 2. The number of nitrogens with zero attached hydrogens (tertiary/aromatic N) is 2. The van der Waals surface area contributed by atoms with Crippen molar-refractivity contribution in [3.63, 3.8) is 0 Å². The number of carbonyl (C=O) groups excluding carboxylic acids is 1. The molecule has 4 rings (SSSR count). The van der Waals surface area contributed by atoms with Crippen molar-refractivity contribution in [2.75, 3.05) is 23.4 Å². The average Bonchev–Trinajstić information content (AvgIpc) is 3.32. The average molecular weight is 519 g/mol. The van der Waals surface area contributed by atoms with Crippen LogP contribution in [0.3, 0.4) is 0 Å². The molecule has 2 heterocycles. The van der Waals surface area contributed by atoms with Gasteiger partial charge in [-0.05, 0) is 48.7 Å². The molecule has 1 aliphatic heterocycles.